The zero-order valence-corrected chi connectivity index (χ0v) is 25.0. The minimum Gasteiger partial charge on any atom is -0.550 e. The van der Waals surface area contributed by atoms with E-state index < -0.39 is 36.4 Å². The number of carbonyl (C=O) groups is 3. The maximum absolute atomic E-state index is 12.2. The van der Waals surface area contributed by atoms with Crippen molar-refractivity contribution in [3.63, 3.8) is 0 Å². The summed E-state index contributed by atoms with van der Waals surface area (Å²) in [6, 6.07) is 23.7. The molecule has 0 saturated carbocycles. The number of benzene rings is 3. The summed E-state index contributed by atoms with van der Waals surface area (Å²) in [5, 5.41) is 51.1. The predicted molar refractivity (Wildman–Crippen MR) is 157 cm³/mol. The van der Waals surface area contributed by atoms with Crippen LogP contribution in [0.2, 0.25) is 0 Å². The third-order valence-electron chi connectivity index (χ3n) is 6.26. The number of hydrogen-bond acceptors (Lipinski definition) is 12. The van der Waals surface area contributed by atoms with Crippen molar-refractivity contribution in [2.24, 2.45) is 0 Å². The van der Waals surface area contributed by atoms with Gasteiger partial charge in [0.2, 0.25) is 0 Å². The third kappa shape index (κ3) is 11.4. The molecule has 13 nitrogen and oxygen atoms in total. The van der Waals surface area contributed by atoms with Crippen molar-refractivity contribution in [3.8, 4) is 11.5 Å². The fourth-order valence-electron chi connectivity index (χ4n) is 4.11. The largest absolute Gasteiger partial charge is 0.550 e. The van der Waals surface area contributed by atoms with Gasteiger partial charge in [-0.15, -0.1) is 0 Å². The topological polar surface area (TPSA) is 205 Å². The average molecular weight is 622 g/mol. The van der Waals surface area contributed by atoms with E-state index >= 15 is 0 Å². The first-order valence-electron chi connectivity index (χ1n) is 13.6. The number of aliphatic hydroxyl groups is 1. The molecule has 0 fully saturated rings. The van der Waals surface area contributed by atoms with Crippen LogP contribution in [0.15, 0.2) is 78.9 Å². The van der Waals surface area contributed by atoms with Gasteiger partial charge in [-0.25, -0.2) is 0 Å². The fourth-order valence-corrected chi connectivity index (χ4v) is 4.11. The van der Waals surface area contributed by atoms with Crippen molar-refractivity contribution in [2.75, 3.05) is 34.4 Å². The van der Waals surface area contributed by atoms with Gasteiger partial charge in [0.1, 0.15) is 17.1 Å². The van der Waals surface area contributed by atoms with Crippen LogP contribution in [0.5, 0.6) is 11.5 Å². The Hall–Kier alpha value is -5.27. The molecule has 0 aliphatic heterocycles. The van der Waals surface area contributed by atoms with Crippen molar-refractivity contribution >= 4 is 29.2 Å². The van der Waals surface area contributed by atoms with E-state index in [1.807, 2.05) is 56.6 Å². The second-order valence-corrected chi connectivity index (χ2v) is 10.0. The first-order valence-corrected chi connectivity index (χ1v) is 13.6. The molecule has 0 bridgehead atoms. The van der Waals surface area contributed by atoms with Crippen molar-refractivity contribution < 1.29 is 49.2 Å². The summed E-state index contributed by atoms with van der Waals surface area (Å²) < 4.78 is 11.1. The number of methoxy groups -OCH3 is 1. The molecule has 0 radical (unpaired) electrons. The molecule has 240 valence electrons. The van der Waals surface area contributed by atoms with Gasteiger partial charge in [0, 0.05) is 31.3 Å². The minimum absolute atomic E-state index is 0.0513. The Kier molecular flexibility index (Phi) is 13.7. The Bertz CT molecular complexity index is 1450. The standard InChI is InChI=1S/C26H28N2O4.C6H8O7/c1-27(2)18-7-19-32-24-16-12-21(13-17-24)25(20-10-14-23(31-3)15-11-20)26(28(29)30)22-8-5-4-6-9-22;7-3(8)1-6(13,5(11)12)2-4(9)10/h4-6,8-17H,7,18-19H2,1-3H3;13H,1-2H2,(H,7,8)(H,9,10)(H,11,12)/p-3/b26-25-;. The van der Waals surface area contributed by atoms with Crippen LogP contribution in [0.4, 0.5) is 0 Å². The molecule has 3 rings (SSSR count). The zero-order chi connectivity index (χ0) is 33.6. The Labute approximate surface area is 259 Å². The summed E-state index contributed by atoms with van der Waals surface area (Å²) in [4.78, 5) is 44.0. The van der Waals surface area contributed by atoms with Crippen LogP contribution in [-0.2, 0) is 14.4 Å². The van der Waals surface area contributed by atoms with Gasteiger partial charge in [0.25, 0.3) is 5.70 Å². The van der Waals surface area contributed by atoms with Crippen LogP contribution in [0.1, 0.15) is 36.0 Å². The molecule has 0 unspecified atom stereocenters. The highest BCUT2D eigenvalue weighted by Crippen LogP contribution is 2.34. The van der Waals surface area contributed by atoms with Crippen LogP contribution >= 0.6 is 0 Å². The molecule has 0 aliphatic rings. The van der Waals surface area contributed by atoms with Gasteiger partial charge in [0.15, 0.2) is 0 Å². The molecule has 0 atom stereocenters. The van der Waals surface area contributed by atoms with Crippen LogP contribution in [0.3, 0.4) is 0 Å². The van der Waals surface area contributed by atoms with Crippen molar-refractivity contribution in [3.05, 3.63) is 106 Å². The maximum atomic E-state index is 12.2. The summed E-state index contributed by atoms with van der Waals surface area (Å²) in [6.45, 7) is 1.56. The van der Waals surface area contributed by atoms with E-state index in [-0.39, 0.29) is 10.6 Å². The summed E-state index contributed by atoms with van der Waals surface area (Å²) in [5.41, 5.74) is -0.351. The maximum Gasteiger partial charge on any atom is 0.284 e. The molecule has 1 N–H and O–H groups in total. The van der Waals surface area contributed by atoms with E-state index in [0.717, 1.165) is 29.8 Å². The Morgan fingerprint density at radius 2 is 1.29 bits per heavy atom. The lowest BCUT2D eigenvalue weighted by atomic mass is 9.93. The molecule has 45 heavy (non-hydrogen) atoms. The molecular formula is C32H33N2O11-3. The lowest BCUT2D eigenvalue weighted by Crippen LogP contribution is -2.54. The van der Waals surface area contributed by atoms with E-state index in [1.54, 1.807) is 43.5 Å². The smallest absolute Gasteiger partial charge is 0.284 e. The second kappa shape index (κ2) is 17.1. The highest BCUT2D eigenvalue weighted by Gasteiger charge is 2.29. The van der Waals surface area contributed by atoms with Gasteiger partial charge in [-0.3, -0.25) is 10.1 Å². The number of rotatable bonds is 15. The number of carboxylic acids is 3. The summed E-state index contributed by atoms with van der Waals surface area (Å²) >= 11 is 0. The fraction of sp³-hybridized carbons (Fsp3) is 0.281. The molecule has 0 spiro atoms. The Morgan fingerprint density at radius 3 is 1.69 bits per heavy atom. The molecule has 13 heteroatoms. The lowest BCUT2D eigenvalue weighted by molar-refractivity contribution is -0.374. The van der Waals surface area contributed by atoms with Gasteiger partial charge >= 0.3 is 0 Å². The zero-order valence-electron chi connectivity index (χ0n) is 25.0. The van der Waals surface area contributed by atoms with Gasteiger partial charge in [-0.05, 0) is 68.0 Å². The quantitative estimate of drug-likeness (QED) is 0.103. The van der Waals surface area contributed by atoms with Crippen LogP contribution < -0.4 is 24.8 Å². The van der Waals surface area contributed by atoms with Crippen molar-refractivity contribution in [1.82, 2.24) is 4.90 Å². The Balaban J connectivity index is 0.000000459. The minimum atomic E-state index is -2.97. The van der Waals surface area contributed by atoms with E-state index in [9.17, 15) is 39.8 Å². The number of nitro groups is 1. The number of carbonyl (C=O) groups excluding carboxylic acids is 3. The van der Waals surface area contributed by atoms with Gasteiger partial charge < -0.3 is 49.2 Å². The summed E-state index contributed by atoms with van der Waals surface area (Å²) in [6.07, 6.45) is -1.79. The Morgan fingerprint density at radius 1 is 0.800 bits per heavy atom. The SMILES string of the molecule is COc1ccc(/C(=C(\c2ccccc2)[N+](=O)[O-])c2ccc(OCCCN(C)C)cc2)cc1.O=C([O-])CC(O)(CC(=O)[O-])C(=O)[O-]. The number of ether oxygens (including phenoxy) is 2. The van der Waals surface area contributed by atoms with E-state index in [4.69, 9.17) is 14.6 Å². The lowest BCUT2D eigenvalue weighted by Gasteiger charge is -2.29. The second-order valence-electron chi connectivity index (χ2n) is 10.0. The predicted octanol–water partition coefficient (Wildman–Crippen LogP) is -0.0336. The third-order valence-corrected chi connectivity index (χ3v) is 6.26. The van der Waals surface area contributed by atoms with Gasteiger partial charge in [-0.2, -0.15) is 0 Å². The summed E-state index contributed by atoms with van der Waals surface area (Å²) in [5.74, 6) is -4.55. The van der Waals surface area contributed by atoms with Gasteiger partial charge in [0.05, 0.1) is 35.7 Å². The molecule has 0 amide bonds. The first kappa shape index (κ1) is 35.9. The highest BCUT2D eigenvalue weighted by atomic mass is 16.6. The van der Waals surface area contributed by atoms with Crippen molar-refractivity contribution in [2.45, 2.75) is 24.9 Å². The van der Waals surface area contributed by atoms with E-state index in [1.165, 1.54) is 0 Å². The summed E-state index contributed by atoms with van der Waals surface area (Å²) in [7, 11) is 5.65. The molecule has 0 heterocycles. The molecular weight excluding hydrogens is 588 g/mol. The van der Waals surface area contributed by atoms with Crippen molar-refractivity contribution in [1.29, 1.82) is 0 Å². The van der Waals surface area contributed by atoms with Gasteiger partial charge in [-0.1, -0.05) is 42.5 Å². The average Bonchev–Trinajstić information content (AvgIpc) is 2.98. The first-order chi connectivity index (χ1) is 21.3. The number of carboxylic acid groups (broad SMARTS) is 3. The van der Waals surface area contributed by atoms with E-state index in [0.29, 0.717) is 23.5 Å². The number of nitrogens with zero attached hydrogens (tertiary/aromatic N) is 2. The molecule has 0 aromatic heterocycles. The normalized spacial score (nSPS) is 11.5. The van der Waals surface area contributed by atoms with Crippen LogP contribution in [0.25, 0.3) is 11.3 Å². The van der Waals surface area contributed by atoms with Crippen LogP contribution in [-0.4, -0.2) is 72.8 Å². The molecule has 0 aliphatic carbocycles. The number of hydrogen-bond donors (Lipinski definition) is 1. The number of aliphatic carboxylic acids is 3. The molecule has 3 aromatic rings. The monoisotopic (exact) mass is 621 g/mol. The van der Waals surface area contributed by atoms with E-state index in [2.05, 4.69) is 4.90 Å². The van der Waals surface area contributed by atoms with Crippen LogP contribution in [0, 0.1) is 10.1 Å². The molecule has 0 saturated heterocycles. The highest BCUT2D eigenvalue weighted by molar-refractivity contribution is 5.95. The molecule has 3 aromatic carbocycles.